The molecule has 4 aromatic rings. The third kappa shape index (κ3) is 8.22. The lowest BCUT2D eigenvalue weighted by molar-refractivity contribution is -0.136. The largest absolute Gasteiger partial charge is 0.497 e. The van der Waals surface area contributed by atoms with E-state index < -0.39 is 5.97 Å². The molecule has 5 heteroatoms. The SMILES string of the molecule is COc1ccc(CN(CCCOc2cccc(CC(=O)O)c2)CC(c2ccccc2)c2ccccc2)cc1. The number of carboxylic acid groups (broad SMARTS) is 1. The lowest BCUT2D eigenvalue weighted by atomic mass is 9.90. The summed E-state index contributed by atoms with van der Waals surface area (Å²) in [7, 11) is 1.68. The van der Waals surface area contributed by atoms with Crippen LogP contribution in [0.25, 0.3) is 0 Å². The molecule has 0 aliphatic rings. The normalized spacial score (nSPS) is 11.0. The molecule has 5 nitrogen and oxygen atoms in total. The summed E-state index contributed by atoms with van der Waals surface area (Å²) in [6, 6.07) is 36.9. The Morgan fingerprint density at radius 1 is 0.789 bits per heavy atom. The van der Waals surface area contributed by atoms with E-state index >= 15 is 0 Å². The summed E-state index contributed by atoms with van der Waals surface area (Å²) in [4.78, 5) is 13.5. The predicted molar refractivity (Wildman–Crippen MR) is 151 cm³/mol. The Kier molecular flexibility index (Phi) is 9.94. The molecular formula is C33H35NO4. The molecule has 1 N–H and O–H groups in total. The fourth-order valence-corrected chi connectivity index (χ4v) is 4.65. The van der Waals surface area contributed by atoms with Gasteiger partial charge in [-0.25, -0.2) is 0 Å². The minimum absolute atomic E-state index is 0.00675. The van der Waals surface area contributed by atoms with Crippen molar-refractivity contribution in [2.75, 3.05) is 26.8 Å². The van der Waals surface area contributed by atoms with Crippen molar-refractivity contribution in [1.29, 1.82) is 0 Å². The third-order valence-corrected chi connectivity index (χ3v) is 6.55. The van der Waals surface area contributed by atoms with Crippen LogP contribution in [-0.2, 0) is 17.8 Å². The molecule has 0 saturated carbocycles. The van der Waals surface area contributed by atoms with Gasteiger partial charge in [0.05, 0.1) is 20.1 Å². The van der Waals surface area contributed by atoms with Gasteiger partial charge in [-0.15, -0.1) is 0 Å². The van der Waals surface area contributed by atoms with Gasteiger partial charge in [0, 0.05) is 25.6 Å². The second-order valence-corrected chi connectivity index (χ2v) is 9.38. The van der Waals surface area contributed by atoms with Gasteiger partial charge in [-0.05, 0) is 52.9 Å². The predicted octanol–water partition coefficient (Wildman–Crippen LogP) is 6.43. The molecule has 0 heterocycles. The highest BCUT2D eigenvalue weighted by Gasteiger charge is 2.19. The Labute approximate surface area is 225 Å². The smallest absolute Gasteiger partial charge is 0.307 e. The Balaban J connectivity index is 1.46. The van der Waals surface area contributed by atoms with Crippen molar-refractivity contribution in [2.45, 2.75) is 25.3 Å². The van der Waals surface area contributed by atoms with Crippen molar-refractivity contribution in [2.24, 2.45) is 0 Å². The van der Waals surface area contributed by atoms with Crippen LogP contribution in [0.3, 0.4) is 0 Å². The summed E-state index contributed by atoms with van der Waals surface area (Å²) in [5.74, 6) is 0.953. The highest BCUT2D eigenvalue weighted by atomic mass is 16.5. The number of ether oxygens (including phenoxy) is 2. The Morgan fingerprint density at radius 2 is 1.45 bits per heavy atom. The van der Waals surface area contributed by atoms with Gasteiger partial charge in [0.15, 0.2) is 0 Å². The maximum atomic E-state index is 11.0. The van der Waals surface area contributed by atoms with E-state index in [2.05, 4.69) is 77.7 Å². The molecule has 0 saturated heterocycles. The first-order chi connectivity index (χ1) is 18.6. The van der Waals surface area contributed by atoms with E-state index in [1.54, 1.807) is 7.11 Å². The van der Waals surface area contributed by atoms with Gasteiger partial charge < -0.3 is 14.6 Å². The molecule has 0 spiro atoms. The standard InChI is InChI=1S/C33H35NO4/c1-37-30-18-16-26(17-19-30)24-34(20-9-21-38-31-15-8-10-27(22-31)23-33(35)36)25-32(28-11-4-2-5-12-28)29-13-6-3-7-14-29/h2-8,10-19,22,32H,9,20-21,23-25H2,1H3,(H,35,36). The van der Waals surface area contributed by atoms with Crippen molar-refractivity contribution in [3.8, 4) is 11.5 Å². The van der Waals surface area contributed by atoms with Crippen molar-refractivity contribution < 1.29 is 19.4 Å². The molecule has 196 valence electrons. The van der Waals surface area contributed by atoms with Crippen LogP contribution < -0.4 is 9.47 Å². The van der Waals surface area contributed by atoms with E-state index in [9.17, 15) is 4.79 Å². The molecule has 38 heavy (non-hydrogen) atoms. The van der Waals surface area contributed by atoms with E-state index in [0.29, 0.717) is 12.4 Å². The number of carboxylic acids is 1. The van der Waals surface area contributed by atoms with E-state index in [1.165, 1.54) is 16.7 Å². The number of carbonyl (C=O) groups is 1. The van der Waals surface area contributed by atoms with Crippen LogP contribution in [0.5, 0.6) is 11.5 Å². The summed E-state index contributed by atoms with van der Waals surface area (Å²) >= 11 is 0. The maximum Gasteiger partial charge on any atom is 0.307 e. The van der Waals surface area contributed by atoms with Gasteiger partial charge in [0.2, 0.25) is 0 Å². The molecule has 4 rings (SSSR count). The first kappa shape index (κ1) is 27.0. The molecule has 4 aromatic carbocycles. The number of nitrogens with zero attached hydrogens (tertiary/aromatic N) is 1. The minimum Gasteiger partial charge on any atom is -0.497 e. The van der Waals surface area contributed by atoms with Gasteiger partial charge in [0.25, 0.3) is 0 Å². The zero-order valence-electron chi connectivity index (χ0n) is 21.8. The Hall–Kier alpha value is -4.09. The molecular weight excluding hydrogens is 474 g/mol. The average molecular weight is 510 g/mol. The van der Waals surface area contributed by atoms with E-state index in [-0.39, 0.29) is 12.3 Å². The number of rotatable bonds is 14. The van der Waals surface area contributed by atoms with Crippen LogP contribution in [0.4, 0.5) is 0 Å². The van der Waals surface area contributed by atoms with Crippen LogP contribution >= 0.6 is 0 Å². The zero-order valence-corrected chi connectivity index (χ0v) is 21.8. The molecule has 0 aromatic heterocycles. The number of aliphatic carboxylic acids is 1. The van der Waals surface area contributed by atoms with Crippen LogP contribution in [-0.4, -0.2) is 42.8 Å². The van der Waals surface area contributed by atoms with Crippen LogP contribution in [0.15, 0.2) is 109 Å². The average Bonchev–Trinajstić information content (AvgIpc) is 2.95. The quantitative estimate of drug-likeness (QED) is 0.199. The number of hydrogen-bond acceptors (Lipinski definition) is 4. The second-order valence-electron chi connectivity index (χ2n) is 9.38. The van der Waals surface area contributed by atoms with Crippen molar-refractivity contribution in [1.82, 2.24) is 4.90 Å². The van der Waals surface area contributed by atoms with E-state index in [0.717, 1.165) is 37.4 Å². The van der Waals surface area contributed by atoms with Gasteiger partial charge in [-0.3, -0.25) is 9.69 Å². The molecule has 0 atom stereocenters. The molecule has 0 bridgehead atoms. The van der Waals surface area contributed by atoms with Crippen molar-refractivity contribution in [3.63, 3.8) is 0 Å². The fraction of sp³-hybridized carbons (Fsp3) is 0.242. The van der Waals surface area contributed by atoms with Gasteiger partial charge in [-0.1, -0.05) is 84.9 Å². The van der Waals surface area contributed by atoms with Crippen molar-refractivity contribution in [3.05, 3.63) is 131 Å². The third-order valence-electron chi connectivity index (χ3n) is 6.55. The second kappa shape index (κ2) is 14.0. The van der Waals surface area contributed by atoms with Gasteiger partial charge >= 0.3 is 5.97 Å². The van der Waals surface area contributed by atoms with Crippen LogP contribution in [0, 0.1) is 0 Å². The topological polar surface area (TPSA) is 59.0 Å². The summed E-state index contributed by atoms with van der Waals surface area (Å²) in [6.07, 6.45) is 0.836. The number of methoxy groups -OCH3 is 1. The summed E-state index contributed by atoms with van der Waals surface area (Å²) in [5, 5.41) is 9.07. The summed E-state index contributed by atoms with van der Waals surface area (Å²) in [6.45, 7) is 3.09. The Bertz CT molecular complexity index is 1220. The first-order valence-corrected chi connectivity index (χ1v) is 13.0. The van der Waals surface area contributed by atoms with E-state index in [1.807, 2.05) is 36.4 Å². The van der Waals surface area contributed by atoms with Crippen molar-refractivity contribution >= 4 is 5.97 Å². The highest BCUT2D eigenvalue weighted by Crippen LogP contribution is 2.27. The first-order valence-electron chi connectivity index (χ1n) is 13.0. The Morgan fingerprint density at radius 3 is 2.05 bits per heavy atom. The molecule has 0 aliphatic heterocycles. The lowest BCUT2D eigenvalue weighted by Crippen LogP contribution is -2.30. The number of benzene rings is 4. The zero-order chi connectivity index (χ0) is 26.6. The maximum absolute atomic E-state index is 11.0. The lowest BCUT2D eigenvalue weighted by Gasteiger charge is -2.28. The van der Waals surface area contributed by atoms with E-state index in [4.69, 9.17) is 14.6 Å². The monoisotopic (exact) mass is 509 g/mol. The molecule has 0 unspecified atom stereocenters. The fourth-order valence-electron chi connectivity index (χ4n) is 4.65. The molecule has 0 radical (unpaired) electrons. The van der Waals surface area contributed by atoms with Crippen LogP contribution in [0.1, 0.15) is 34.6 Å². The van der Waals surface area contributed by atoms with Crippen LogP contribution in [0.2, 0.25) is 0 Å². The van der Waals surface area contributed by atoms with Gasteiger partial charge in [0.1, 0.15) is 11.5 Å². The molecule has 0 fully saturated rings. The van der Waals surface area contributed by atoms with Gasteiger partial charge in [-0.2, -0.15) is 0 Å². The highest BCUT2D eigenvalue weighted by molar-refractivity contribution is 5.70. The minimum atomic E-state index is -0.845. The number of hydrogen-bond donors (Lipinski definition) is 1. The summed E-state index contributed by atoms with van der Waals surface area (Å²) < 4.78 is 11.3. The summed E-state index contributed by atoms with van der Waals surface area (Å²) in [5.41, 5.74) is 4.56. The molecule has 0 amide bonds. The molecule has 0 aliphatic carbocycles.